The first-order chi connectivity index (χ1) is 19.7. The SMILES string of the molecule is CCOC(=O)c1cccc(-c2nc3ccc(S(=O)(=O)NC4CCC(C(=O)NC(C)c5ccccc5)CC4)cc3[nH]2)c1. The summed E-state index contributed by atoms with van der Waals surface area (Å²) in [6.45, 7) is 4.00. The highest BCUT2D eigenvalue weighted by Gasteiger charge is 2.30. The number of imidazole rings is 1. The van der Waals surface area contributed by atoms with E-state index in [1.165, 1.54) is 6.07 Å². The van der Waals surface area contributed by atoms with Crippen LogP contribution >= 0.6 is 0 Å². The number of nitrogens with zero attached hydrogens (tertiary/aromatic N) is 1. The van der Waals surface area contributed by atoms with Gasteiger partial charge in [0, 0.05) is 17.5 Å². The number of carbonyl (C=O) groups excluding carboxylic acids is 2. The molecule has 0 saturated heterocycles. The minimum atomic E-state index is -3.78. The average molecular weight is 575 g/mol. The summed E-state index contributed by atoms with van der Waals surface area (Å²) in [5.41, 5.74) is 3.33. The monoisotopic (exact) mass is 574 g/mol. The lowest BCUT2D eigenvalue weighted by Crippen LogP contribution is -2.41. The van der Waals surface area contributed by atoms with E-state index in [2.05, 4.69) is 20.0 Å². The molecule has 1 atom stereocenters. The summed E-state index contributed by atoms with van der Waals surface area (Å²) in [5, 5.41) is 3.09. The topological polar surface area (TPSA) is 130 Å². The third kappa shape index (κ3) is 6.66. The molecule has 1 aliphatic rings. The van der Waals surface area contributed by atoms with Crippen LogP contribution in [-0.4, -0.2) is 42.9 Å². The Balaban J connectivity index is 1.21. The maximum atomic E-state index is 13.2. The molecule has 3 N–H and O–H groups in total. The maximum Gasteiger partial charge on any atom is 0.338 e. The lowest BCUT2D eigenvalue weighted by molar-refractivity contribution is -0.126. The van der Waals surface area contributed by atoms with Crippen molar-refractivity contribution in [2.24, 2.45) is 5.92 Å². The molecule has 1 saturated carbocycles. The quantitative estimate of drug-likeness (QED) is 0.238. The van der Waals surface area contributed by atoms with Crippen LogP contribution in [0.4, 0.5) is 0 Å². The molecular weight excluding hydrogens is 540 g/mol. The second-order valence-corrected chi connectivity index (χ2v) is 12.1. The van der Waals surface area contributed by atoms with Crippen molar-refractivity contribution in [3.63, 3.8) is 0 Å². The standard InChI is InChI=1S/C31H34N4O5S/c1-3-40-31(37)24-11-7-10-23(18-24)29-33-27-17-16-26(19-28(27)34-29)41(38,39)35-25-14-12-22(13-15-25)30(36)32-20(2)21-8-5-4-6-9-21/h4-11,16-20,22,25,35H,3,12-15H2,1-2H3,(H,32,36)(H,33,34). The first-order valence-electron chi connectivity index (χ1n) is 13.9. The van der Waals surface area contributed by atoms with Crippen molar-refractivity contribution in [1.82, 2.24) is 20.0 Å². The number of carbonyl (C=O) groups is 2. The number of hydrogen-bond donors (Lipinski definition) is 3. The molecule has 0 aliphatic heterocycles. The van der Waals surface area contributed by atoms with Crippen LogP contribution in [0, 0.1) is 5.92 Å². The molecule has 10 heteroatoms. The van der Waals surface area contributed by atoms with E-state index in [1.807, 2.05) is 43.3 Å². The molecular formula is C31H34N4O5S. The van der Waals surface area contributed by atoms with Gasteiger partial charge < -0.3 is 15.0 Å². The zero-order chi connectivity index (χ0) is 29.0. The number of aromatic nitrogens is 2. The molecule has 0 radical (unpaired) electrons. The number of esters is 1. The van der Waals surface area contributed by atoms with Crippen molar-refractivity contribution < 1.29 is 22.7 Å². The fraction of sp³-hybridized carbons (Fsp3) is 0.323. The predicted molar refractivity (Wildman–Crippen MR) is 157 cm³/mol. The average Bonchev–Trinajstić information content (AvgIpc) is 3.42. The van der Waals surface area contributed by atoms with Crippen LogP contribution in [0.1, 0.15) is 61.5 Å². The summed E-state index contributed by atoms with van der Waals surface area (Å²) < 4.78 is 34.4. The molecule has 214 valence electrons. The molecule has 9 nitrogen and oxygen atoms in total. The van der Waals surface area contributed by atoms with Crippen LogP contribution in [-0.2, 0) is 19.6 Å². The largest absolute Gasteiger partial charge is 0.462 e. The Morgan fingerprint density at radius 3 is 2.49 bits per heavy atom. The molecule has 1 heterocycles. The molecule has 4 aromatic rings. The predicted octanol–water partition coefficient (Wildman–Crippen LogP) is 5.12. The fourth-order valence-corrected chi connectivity index (χ4v) is 6.55. The van der Waals surface area contributed by atoms with E-state index in [0.717, 1.165) is 5.56 Å². The second kappa shape index (κ2) is 12.2. The van der Waals surface area contributed by atoms with Crippen molar-refractivity contribution in [3.8, 4) is 11.4 Å². The first kappa shape index (κ1) is 28.5. The van der Waals surface area contributed by atoms with Gasteiger partial charge in [-0.1, -0.05) is 42.5 Å². The van der Waals surface area contributed by atoms with E-state index in [1.54, 1.807) is 37.3 Å². The number of hydrogen-bond acceptors (Lipinski definition) is 6. The highest BCUT2D eigenvalue weighted by molar-refractivity contribution is 7.89. The minimum absolute atomic E-state index is 0.0101. The molecule has 0 bridgehead atoms. The summed E-state index contributed by atoms with van der Waals surface area (Å²) in [6, 6.07) is 21.2. The van der Waals surface area contributed by atoms with Gasteiger partial charge in [-0.2, -0.15) is 0 Å². The van der Waals surface area contributed by atoms with E-state index in [4.69, 9.17) is 4.74 Å². The maximum absolute atomic E-state index is 13.2. The first-order valence-corrected chi connectivity index (χ1v) is 15.4. The van der Waals surface area contributed by atoms with E-state index in [0.29, 0.717) is 53.7 Å². The van der Waals surface area contributed by atoms with Gasteiger partial charge in [-0.05, 0) is 75.4 Å². The number of aromatic amines is 1. The number of nitrogens with one attached hydrogen (secondary N) is 3. The van der Waals surface area contributed by atoms with Crippen molar-refractivity contribution in [2.45, 2.75) is 56.5 Å². The normalized spacial score (nSPS) is 18.1. The van der Waals surface area contributed by atoms with Gasteiger partial charge in [0.25, 0.3) is 0 Å². The number of sulfonamides is 1. The molecule has 41 heavy (non-hydrogen) atoms. The van der Waals surface area contributed by atoms with Gasteiger partial charge >= 0.3 is 5.97 Å². The Morgan fingerprint density at radius 1 is 1.00 bits per heavy atom. The summed E-state index contributed by atoms with van der Waals surface area (Å²) >= 11 is 0. The molecule has 1 fully saturated rings. The Hall–Kier alpha value is -4.02. The lowest BCUT2D eigenvalue weighted by Gasteiger charge is -2.29. The highest BCUT2D eigenvalue weighted by Crippen LogP contribution is 2.28. The van der Waals surface area contributed by atoms with Crippen LogP contribution in [0.3, 0.4) is 0 Å². The molecule has 5 rings (SSSR count). The van der Waals surface area contributed by atoms with Crippen LogP contribution in [0.5, 0.6) is 0 Å². The number of benzene rings is 3. The highest BCUT2D eigenvalue weighted by atomic mass is 32.2. The lowest BCUT2D eigenvalue weighted by atomic mass is 9.85. The zero-order valence-corrected chi connectivity index (χ0v) is 23.9. The van der Waals surface area contributed by atoms with Gasteiger partial charge in [-0.15, -0.1) is 0 Å². The molecule has 1 aliphatic carbocycles. The molecule has 1 amide bonds. The van der Waals surface area contributed by atoms with Gasteiger partial charge in [0.2, 0.25) is 15.9 Å². The summed E-state index contributed by atoms with van der Waals surface area (Å²) in [7, 11) is -3.78. The smallest absolute Gasteiger partial charge is 0.338 e. The van der Waals surface area contributed by atoms with E-state index in [9.17, 15) is 18.0 Å². The van der Waals surface area contributed by atoms with E-state index < -0.39 is 16.0 Å². The number of rotatable bonds is 9. The fourth-order valence-electron chi connectivity index (χ4n) is 5.22. The third-order valence-electron chi connectivity index (χ3n) is 7.49. The Morgan fingerprint density at radius 2 is 1.76 bits per heavy atom. The van der Waals surface area contributed by atoms with Gasteiger partial charge in [0.05, 0.1) is 34.1 Å². The van der Waals surface area contributed by atoms with Crippen molar-refractivity contribution in [3.05, 3.63) is 83.9 Å². The Kier molecular flexibility index (Phi) is 8.51. The summed E-state index contributed by atoms with van der Waals surface area (Å²) in [6.07, 6.45) is 2.41. The van der Waals surface area contributed by atoms with Gasteiger partial charge in [-0.3, -0.25) is 4.79 Å². The van der Waals surface area contributed by atoms with Crippen molar-refractivity contribution in [2.75, 3.05) is 6.61 Å². The number of amides is 1. The van der Waals surface area contributed by atoms with Crippen LogP contribution in [0.25, 0.3) is 22.4 Å². The van der Waals surface area contributed by atoms with Crippen LogP contribution in [0.15, 0.2) is 77.7 Å². The number of ether oxygens (including phenoxy) is 1. The number of H-pyrrole nitrogens is 1. The van der Waals surface area contributed by atoms with E-state index in [-0.39, 0.29) is 35.4 Å². The summed E-state index contributed by atoms with van der Waals surface area (Å²) in [4.78, 5) is 32.8. The van der Waals surface area contributed by atoms with Crippen LogP contribution < -0.4 is 10.0 Å². The molecule has 0 spiro atoms. The van der Waals surface area contributed by atoms with E-state index >= 15 is 0 Å². The van der Waals surface area contributed by atoms with Crippen molar-refractivity contribution >= 4 is 32.9 Å². The van der Waals surface area contributed by atoms with Gasteiger partial charge in [0.15, 0.2) is 0 Å². The molecule has 3 aromatic carbocycles. The minimum Gasteiger partial charge on any atom is -0.462 e. The van der Waals surface area contributed by atoms with Gasteiger partial charge in [-0.25, -0.2) is 22.9 Å². The molecule has 1 unspecified atom stereocenters. The second-order valence-electron chi connectivity index (χ2n) is 10.4. The van der Waals surface area contributed by atoms with Gasteiger partial charge in [0.1, 0.15) is 5.82 Å². The Bertz CT molecular complexity index is 1640. The Labute approximate surface area is 239 Å². The number of fused-ring (bicyclic) bond motifs is 1. The van der Waals surface area contributed by atoms with Crippen molar-refractivity contribution in [1.29, 1.82) is 0 Å². The zero-order valence-electron chi connectivity index (χ0n) is 23.1. The van der Waals surface area contributed by atoms with Crippen LogP contribution in [0.2, 0.25) is 0 Å². The third-order valence-corrected chi connectivity index (χ3v) is 9.01. The summed E-state index contributed by atoms with van der Waals surface area (Å²) in [5.74, 6) is -0.0203. The molecule has 1 aromatic heterocycles.